The summed E-state index contributed by atoms with van der Waals surface area (Å²) in [5.74, 6) is 0.164. The van der Waals surface area contributed by atoms with Gasteiger partial charge in [-0.05, 0) is 61.8 Å². The molecule has 1 aliphatic heterocycles. The van der Waals surface area contributed by atoms with Crippen LogP contribution in [0.2, 0.25) is 0 Å². The SMILES string of the molecule is CC(C)(C)N1CCC(c2ccc(Br)cn2)C(O)C1. The molecule has 1 aliphatic rings. The van der Waals surface area contributed by atoms with Crippen molar-refractivity contribution in [2.24, 2.45) is 0 Å². The van der Waals surface area contributed by atoms with Gasteiger partial charge in [0.25, 0.3) is 0 Å². The second-order valence-electron chi connectivity index (χ2n) is 5.98. The van der Waals surface area contributed by atoms with E-state index in [4.69, 9.17) is 0 Å². The van der Waals surface area contributed by atoms with Gasteiger partial charge in [-0.1, -0.05) is 0 Å². The monoisotopic (exact) mass is 312 g/mol. The Morgan fingerprint density at radius 2 is 2.11 bits per heavy atom. The third-order valence-corrected chi connectivity index (χ3v) is 4.13. The number of aliphatic hydroxyl groups is 1. The summed E-state index contributed by atoms with van der Waals surface area (Å²) in [6.07, 6.45) is 2.44. The lowest BCUT2D eigenvalue weighted by Crippen LogP contribution is -2.51. The molecule has 0 amide bonds. The van der Waals surface area contributed by atoms with Crippen molar-refractivity contribution in [1.82, 2.24) is 9.88 Å². The van der Waals surface area contributed by atoms with Crippen molar-refractivity contribution in [3.05, 3.63) is 28.5 Å². The van der Waals surface area contributed by atoms with E-state index in [1.165, 1.54) is 0 Å². The second-order valence-corrected chi connectivity index (χ2v) is 6.90. The number of pyridine rings is 1. The Balaban J connectivity index is 2.08. The Bertz CT molecular complexity index is 399. The van der Waals surface area contributed by atoms with Gasteiger partial charge in [-0.25, -0.2) is 0 Å². The average Bonchev–Trinajstić information content (AvgIpc) is 2.29. The normalized spacial score (nSPS) is 26.3. The summed E-state index contributed by atoms with van der Waals surface area (Å²) >= 11 is 3.39. The van der Waals surface area contributed by atoms with Crippen LogP contribution in [0.5, 0.6) is 0 Å². The number of hydrogen-bond acceptors (Lipinski definition) is 3. The van der Waals surface area contributed by atoms with Crippen molar-refractivity contribution in [3.63, 3.8) is 0 Å². The quantitative estimate of drug-likeness (QED) is 0.866. The van der Waals surface area contributed by atoms with Gasteiger partial charge < -0.3 is 5.11 Å². The molecule has 0 aromatic carbocycles. The van der Waals surface area contributed by atoms with Crippen molar-refractivity contribution in [2.75, 3.05) is 13.1 Å². The van der Waals surface area contributed by atoms with Crippen LogP contribution >= 0.6 is 15.9 Å². The van der Waals surface area contributed by atoms with E-state index in [1.54, 1.807) is 6.20 Å². The molecule has 0 saturated carbocycles. The number of hydrogen-bond donors (Lipinski definition) is 1. The zero-order valence-corrected chi connectivity index (χ0v) is 12.8. The van der Waals surface area contributed by atoms with Gasteiger partial charge in [0, 0.05) is 34.4 Å². The summed E-state index contributed by atoms with van der Waals surface area (Å²) in [6.45, 7) is 8.32. The molecule has 0 spiro atoms. The number of halogens is 1. The highest BCUT2D eigenvalue weighted by atomic mass is 79.9. The van der Waals surface area contributed by atoms with Crippen LogP contribution in [0.4, 0.5) is 0 Å². The molecule has 0 bridgehead atoms. The van der Waals surface area contributed by atoms with Gasteiger partial charge in [-0.2, -0.15) is 0 Å². The highest BCUT2D eigenvalue weighted by Crippen LogP contribution is 2.30. The Morgan fingerprint density at radius 1 is 1.39 bits per heavy atom. The number of nitrogens with zero attached hydrogens (tertiary/aromatic N) is 2. The first-order chi connectivity index (χ1) is 8.38. The van der Waals surface area contributed by atoms with Crippen molar-refractivity contribution < 1.29 is 5.11 Å². The summed E-state index contributed by atoms with van der Waals surface area (Å²) in [5.41, 5.74) is 1.12. The van der Waals surface area contributed by atoms with E-state index in [2.05, 4.69) is 46.6 Å². The molecule has 0 aliphatic carbocycles. The third-order valence-electron chi connectivity index (χ3n) is 3.66. The van der Waals surface area contributed by atoms with Crippen LogP contribution in [0.1, 0.15) is 38.8 Å². The van der Waals surface area contributed by atoms with E-state index in [0.29, 0.717) is 0 Å². The Hall–Kier alpha value is -0.450. The van der Waals surface area contributed by atoms with E-state index in [0.717, 1.165) is 29.7 Å². The fourth-order valence-electron chi connectivity index (χ4n) is 2.49. The number of piperidine rings is 1. The third kappa shape index (κ3) is 3.11. The van der Waals surface area contributed by atoms with Crippen LogP contribution in [0.15, 0.2) is 22.8 Å². The minimum atomic E-state index is -0.327. The Labute approximate surface area is 117 Å². The molecule has 2 heterocycles. The van der Waals surface area contributed by atoms with E-state index < -0.39 is 0 Å². The van der Waals surface area contributed by atoms with Crippen molar-refractivity contribution >= 4 is 15.9 Å². The number of aromatic nitrogens is 1. The molecule has 3 nitrogen and oxygen atoms in total. The topological polar surface area (TPSA) is 36.4 Å². The highest BCUT2D eigenvalue weighted by molar-refractivity contribution is 9.10. The summed E-state index contributed by atoms with van der Waals surface area (Å²) in [6, 6.07) is 4.00. The lowest BCUT2D eigenvalue weighted by molar-refractivity contribution is 0.00701. The first-order valence-electron chi connectivity index (χ1n) is 6.42. The maximum absolute atomic E-state index is 10.3. The Morgan fingerprint density at radius 3 is 2.61 bits per heavy atom. The second kappa shape index (κ2) is 5.27. The van der Waals surface area contributed by atoms with Crippen LogP contribution in [0.25, 0.3) is 0 Å². The van der Waals surface area contributed by atoms with Crippen molar-refractivity contribution in [3.8, 4) is 0 Å². The molecule has 2 rings (SSSR count). The standard InChI is InChI=1S/C14H21BrN2O/c1-14(2,3)17-7-6-11(13(18)9-17)12-5-4-10(15)8-16-12/h4-5,8,11,13,18H,6-7,9H2,1-3H3. The largest absolute Gasteiger partial charge is 0.391 e. The average molecular weight is 313 g/mol. The molecule has 1 N–H and O–H groups in total. The minimum absolute atomic E-state index is 0.124. The molecule has 18 heavy (non-hydrogen) atoms. The molecule has 1 saturated heterocycles. The lowest BCUT2D eigenvalue weighted by atomic mass is 9.88. The van der Waals surface area contributed by atoms with Gasteiger partial charge in [0.15, 0.2) is 0 Å². The van der Waals surface area contributed by atoms with Gasteiger partial charge >= 0.3 is 0 Å². The lowest BCUT2D eigenvalue weighted by Gasteiger charge is -2.43. The van der Waals surface area contributed by atoms with Crippen LogP contribution in [0.3, 0.4) is 0 Å². The first kappa shape index (κ1) is 14.0. The fraction of sp³-hybridized carbons (Fsp3) is 0.643. The van der Waals surface area contributed by atoms with E-state index >= 15 is 0 Å². The summed E-state index contributed by atoms with van der Waals surface area (Å²) in [7, 11) is 0. The number of aliphatic hydroxyl groups excluding tert-OH is 1. The summed E-state index contributed by atoms with van der Waals surface area (Å²) in [4.78, 5) is 6.75. The number of likely N-dealkylation sites (tertiary alicyclic amines) is 1. The van der Waals surface area contributed by atoms with Gasteiger partial charge in [0.1, 0.15) is 0 Å². The van der Waals surface area contributed by atoms with Gasteiger partial charge in [-0.3, -0.25) is 9.88 Å². The molecular weight excluding hydrogens is 292 g/mol. The Kier molecular flexibility index (Phi) is 4.09. The zero-order chi connectivity index (χ0) is 13.3. The van der Waals surface area contributed by atoms with E-state index in [9.17, 15) is 5.11 Å². The van der Waals surface area contributed by atoms with Crippen molar-refractivity contribution in [1.29, 1.82) is 0 Å². The summed E-state index contributed by atoms with van der Waals surface area (Å²) < 4.78 is 0.980. The van der Waals surface area contributed by atoms with Crippen molar-refractivity contribution in [2.45, 2.75) is 44.8 Å². The van der Waals surface area contributed by atoms with Gasteiger partial charge in [-0.15, -0.1) is 0 Å². The molecular formula is C14H21BrN2O. The molecule has 1 fully saturated rings. The van der Waals surface area contributed by atoms with Gasteiger partial charge in [0.2, 0.25) is 0 Å². The predicted octanol–water partition coefficient (Wildman–Crippen LogP) is 2.79. The fourth-order valence-corrected chi connectivity index (χ4v) is 2.73. The molecule has 100 valence electrons. The maximum atomic E-state index is 10.3. The molecule has 0 radical (unpaired) electrons. The smallest absolute Gasteiger partial charge is 0.0751 e. The predicted molar refractivity (Wildman–Crippen MR) is 76.6 cm³/mol. The number of β-amino-alcohol motifs (C(OH)–C–C–N with tert-alkyl or cyclic N) is 1. The molecule has 2 unspecified atom stereocenters. The van der Waals surface area contributed by atoms with Gasteiger partial charge in [0.05, 0.1) is 6.10 Å². The van der Waals surface area contributed by atoms with Crippen LogP contribution in [-0.4, -0.2) is 39.7 Å². The van der Waals surface area contributed by atoms with Crippen LogP contribution < -0.4 is 0 Å². The summed E-state index contributed by atoms with van der Waals surface area (Å²) in [5, 5.41) is 10.3. The zero-order valence-electron chi connectivity index (χ0n) is 11.2. The van der Waals surface area contributed by atoms with Crippen LogP contribution in [0, 0.1) is 0 Å². The highest BCUT2D eigenvalue weighted by Gasteiger charge is 2.34. The van der Waals surface area contributed by atoms with Crippen LogP contribution in [-0.2, 0) is 0 Å². The molecule has 2 atom stereocenters. The first-order valence-corrected chi connectivity index (χ1v) is 7.22. The van der Waals surface area contributed by atoms with E-state index in [1.807, 2.05) is 12.1 Å². The maximum Gasteiger partial charge on any atom is 0.0751 e. The minimum Gasteiger partial charge on any atom is -0.391 e. The number of rotatable bonds is 1. The molecule has 1 aromatic rings. The van der Waals surface area contributed by atoms with E-state index in [-0.39, 0.29) is 17.6 Å². The molecule has 4 heteroatoms. The molecule has 1 aromatic heterocycles.